The number of alkyl halides is 3. The number of benzene rings is 2. The predicted molar refractivity (Wildman–Crippen MR) is 71.6 cm³/mol. The fourth-order valence-electron chi connectivity index (χ4n) is 1.85. The summed E-state index contributed by atoms with van der Waals surface area (Å²) >= 11 is 0. The third-order valence-electron chi connectivity index (χ3n) is 2.91. The van der Waals surface area contributed by atoms with Crippen molar-refractivity contribution in [2.45, 2.75) is 12.7 Å². The quantitative estimate of drug-likeness (QED) is 0.902. The molecule has 0 bridgehead atoms. The summed E-state index contributed by atoms with van der Waals surface area (Å²) in [4.78, 5) is 0. The summed E-state index contributed by atoms with van der Waals surface area (Å²) in [5, 5.41) is 20.9. The fraction of sp³-hybridized carbons (Fsp3) is 0.133. The maximum absolute atomic E-state index is 13.0. The van der Waals surface area contributed by atoms with E-state index in [0.717, 1.165) is 6.07 Å². The monoisotopic (exact) mass is 292 g/mol. The van der Waals surface area contributed by atoms with Crippen LogP contribution in [0.15, 0.2) is 42.5 Å². The Kier molecular flexibility index (Phi) is 4.03. The first kappa shape index (κ1) is 14.7. The second-order valence-corrected chi connectivity index (χ2v) is 4.35. The number of aromatic hydroxyl groups is 1. The molecule has 0 aliphatic heterocycles. The van der Waals surface area contributed by atoms with Gasteiger partial charge < -0.3 is 10.4 Å². The standard InChI is InChI=1S/C15H11F3N2O/c16-15(17,18)12-7-10(8-19)5-6-13(12)20-9-11-3-1-2-4-14(11)21/h1-7,20-21H,9H2. The number of hydrogen-bond acceptors (Lipinski definition) is 3. The number of phenols is 1. The molecule has 2 aromatic rings. The van der Waals surface area contributed by atoms with E-state index in [-0.39, 0.29) is 23.5 Å². The molecule has 0 unspecified atom stereocenters. The SMILES string of the molecule is N#Cc1ccc(NCc2ccccc2O)c(C(F)(F)F)c1. The second kappa shape index (κ2) is 5.75. The number of halogens is 3. The zero-order chi connectivity index (χ0) is 15.5. The van der Waals surface area contributed by atoms with Gasteiger partial charge in [-0.3, -0.25) is 0 Å². The van der Waals surface area contributed by atoms with E-state index in [1.165, 1.54) is 18.2 Å². The van der Waals surface area contributed by atoms with Crippen LogP contribution >= 0.6 is 0 Å². The van der Waals surface area contributed by atoms with Gasteiger partial charge in [0.15, 0.2) is 0 Å². The van der Waals surface area contributed by atoms with Crippen molar-refractivity contribution in [3.05, 3.63) is 59.2 Å². The lowest BCUT2D eigenvalue weighted by Crippen LogP contribution is -2.11. The molecule has 0 saturated carbocycles. The van der Waals surface area contributed by atoms with E-state index in [1.807, 2.05) is 0 Å². The Balaban J connectivity index is 2.28. The number of nitrogens with zero attached hydrogens (tertiary/aromatic N) is 1. The highest BCUT2D eigenvalue weighted by Crippen LogP contribution is 2.35. The van der Waals surface area contributed by atoms with E-state index in [9.17, 15) is 18.3 Å². The average Bonchev–Trinajstić information content (AvgIpc) is 2.45. The highest BCUT2D eigenvalue weighted by molar-refractivity contribution is 5.56. The molecule has 0 fully saturated rings. The largest absolute Gasteiger partial charge is 0.508 e. The minimum atomic E-state index is -4.56. The van der Waals surface area contributed by atoms with Gasteiger partial charge in [-0.2, -0.15) is 18.4 Å². The van der Waals surface area contributed by atoms with Gasteiger partial charge in [0.05, 0.1) is 17.2 Å². The molecule has 2 N–H and O–H groups in total. The molecule has 0 heterocycles. The average molecular weight is 292 g/mol. The lowest BCUT2D eigenvalue weighted by Gasteiger charge is -2.15. The van der Waals surface area contributed by atoms with Gasteiger partial charge in [0.1, 0.15) is 5.75 Å². The van der Waals surface area contributed by atoms with E-state index in [2.05, 4.69) is 5.32 Å². The molecular formula is C15H11F3N2O. The maximum atomic E-state index is 13.0. The van der Waals surface area contributed by atoms with Gasteiger partial charge in [-0.1, -0.05) is 18.2 Å². The van der Waals surface area contributed by atoms with Crippen LogP contribution in [0.4, 0.5) is 18.9 Å². The highest BCUT2D eigenvalue weighted by atomic mass is 19.4. The Bertz CT molecular complexity index is 690. The van der Waals surface area contributed by atoms with Crippen molar-refractivity contribution in [3.63, 3.8) is 0 Å². The molecule has 6 heteroatoms. The van der Waals surface area contributed by atoms with Gasteiger partial charge in [0.2, 0.25) is 0 Å². The predicted octanol–water partition coefficient (Wildman–Crippen LogP) is 3.89. The Labute approximate surface area is 119 Å². The minimum Gasteiger partial charge on any atom is -0.508 e. The van der Waals surface area contributed by atoms with Crippen molar-refractivity contribution in [2.75, 3.05) is 5.32 Å². The van der Waals surface area contributed by atoms with Crippen molar-refractivity contribution >= 4 is 5.69 Å². The van der Waals surface area contributed by atoms with Gasteiger partial charge in [-0.15, -0.1) is 0 Å². The van der Waals surface area contributed by atoms with Crippen LogP contribution < -0.4 is 5.32 Å². The van der Waals surface area contributed by atoms with Crippen LogP contribution in [0.3, 0.4) is 0 Å². The summed E-state index contributed by atoms with van der Waals surface area (Å²) in [5.41, 5.74) is -0.618. The van der Waals surface area contributed by atoms with E-state index in [1.54, 1.807) is 24.3 Å². The van der Waals surface area contributed by atoms with E-state index in [4.69, 9.17) is 5.26 Å². The summed E-state index contributed by atoms with van der Waals surface area (Å²) < 4.78 is 38.9. The molecule has 0 atom stereocenters. The first-order valence-electron chi connectivity index (χ1n) is 6.04. The number of para-hydroxylation sites is 1. The van der Waals surface area contributed by atoms with Crippen LogP contribution in [0, 0.1) is 11.3 Å². The highest BCUT2D eigenvalue weighted by Gasteiger charge is 2.33. The van der Waals surface area contributed by atoms with E-state index >= 15 is 0 Å². The normalized spacial score (nSPS) is 11.0. The number of phenolic OH excluding ortho intramolecular Hbond substituents is 1. The van der Waals surface area contributed by atoms with Crippen molar-refractivity contribution in [1.82, 2.24) is 0 Å². The molecule has 108 valence electrons. The lowest BCUT2D eigenvalue weighted by atomic mass is 10.1. The Hall–Kier alpha value is -2.68. The Morgan fingerprint density at radius 1 is 1.14 bits per heavy atom. The van der Waals surface area contributed by atoms with Crippen molar-refractivity contribution in [3.8, 4) is 11.8 Å². The summed E-state index contributed by atoms with van der Waals surface area (Å²) in [5.74, 6) is 0.00667. The molecule has 2 aromatic carbocycles. The first-order valence-corrected chi connectivity index (χ1v) is 6.04. The van der Waals surface area contributed by atoms with E-state index in [0.29, 0.717) is 5.56 Å². The van der Waals surface area contributed by atoms with Gasteiger partial charge >= 0.3 is 6.18 Å². The van der Waals surface area contributed by atoms with Gasteiger partial charge in [0, 0.05) is 17.8 Å². The summed E-state index contributed by atoms with van der Waals surface area (Å²) in [7, 11) is 0. The van der Waals surface area contributed by atoms with Crippen LogP contribution in [0.2, 0.25) is 0 Å². The zero-order valence-electron chi connectivity index (χ0n) is 10.8. The third-order valence-corrected chi connectivity index (χ3v) is 2.91. The first-order chi connectivity index (χ1) is 9.91. The molecule has 2 rings (SSSR count). The van der Waals surface area contributed by atoms with Crippen LogP contribution in [-0.4, -0.2) is 5.11 Å². The molecule has 0 saturated heterocycles. The van der Waals surface area contributed by atoms with E-state index < -0.39 is 11.7 Å². The van der Waals surface area contributed by atoms with Crippen LogP contribution in [0.1, 0.15) is 16.7 Å². The Morgan fingerprint density at radius 3 is 2.48 bits per heavy atom. The molecule has 3 nitrogen and oxygen atoms in total. The lowest BCUT2D eigenvalue weighted by molar-refractivity contribution is -0.137. The molecule has 0 aliphatic rings. The molecule has 21 heavy (non-hydrogen) atoms. The number of rotatable bonds is 3. The summed E-state index contributed by atoms with van der Waals surface area (Å²) in [6, 6.07) is 11.4. The molecule has 0 spiro atoms. The number of nitrogens with one attached hydrogen (secondary N) is 1. The third kappa shape index (κ3) is 3.45. The molecule has 0 radical (unpaired) electrons. The molecule has 0 aromatic heterocycles. The van der Waals surface area contributed by atoms with Crippen LogP contribution in [0.25, 0.3) is 0 Å². The summed E-state index contributed by atoms with van der Waals surface area (Å²) in [6.07, 6.45) is -4.56. The minimum absolute atomic E-state index is 0.00667. The van der Waals surface area contributed by atoms with Gasteiger partial charge in [-0.05, 0) is 24.3 Å². The number of nitriles is 1. The number of hydrogen-bond donors (Lipinski definition) is 2. The second-order valence-electron chi connectivity index (χ2n) is 4.35. The van der Waals surface area contributed by atoms with Crippen LogP contribution in [-0.2, 0) is 12.7 Å². The fourth-order valence-corrected chi connectivity index (χ4v) is 1.85. The van der Waals surface area contributed by atoms with Crippen LogP contribution in [0.5, 0.6) is 5.75 Å². The maximum Gasteiger partial charge on any atom is 0.418 e. The smallest absolute Gasteiger partial charge is 0.418 e. The number of anilines is 1. The Morgan fingerprint density at radius 2 is 1.86 bits per heavy atom. The zero-order valence-corrected chi connectivity index (χ0v) is 10.8. The van der Waals surface area contributed by atoms with Gasteiger partial charge in [0.25, 0.3) is 0 Å². The molecule has 0 aliphatic carbocycles. The van der Waals surface area contributed by atoms with Crippen molar-refractivity contribution in [1.29, 1.82) is 5.26 Å². The molecular weight excluding hydrogens is 281 g/mol. The topological polar surface area (TPSA) is 56.0 Å². The summed E-state index contributed by atoms with van der Waals surface area (Å²) in [6.45, 7) is 0.0433. The van der Waals surface area contributed by atoms with Crippen molar-refractivity contribution < 1.29 is 18.3 Å². The van der Waals surface area contributed by atoms with Gasteiger partial charge in [-0.25, -0.2) is 0 Å². The van der Waals surface area contributed by atoms with Crippen molar-refractivity contribution in [2.24, 2.45) is 0 Å². The molecule has 0 amide bonds.